The van der Waals surface area contributed by atoms with E-state index in [1.165, 1.54) is 0 Å². The zero-order valence-electron chi connectivity index (χ0n) is 12.0. The predicted molar refractivity (Wildman–Crippen MR) is 76.5 cm³/mol. The predicted octanol–water partition coefficient (Wildman–Crippen LogP) is -0.0627. The molecule has 0 aliphatic carbocycles. The monoisotopic (exact) mass is 281 g/mol. The van der Waals surface area contributed by atoms with Gasteiger partial charge in [0, 0.05) is 38.9 Å². The van der Waals surface area contributed by atoms with Crippen LogP contribution in [-0.2, 0) is 11.3 Å². The Kier molecular flexibility index (Phi) is 5.37. The lowest BCUT2D eigenvalue weighted by atomic mass is 10.3. The number of nitrogens with zero attached hydrogens (tertiary/aromatic N) is 3. The molecule has 1 aromatic heterocycles. The van der Waals surface area contributed by atoms with Crippen molar-refractivity contribution in [1.82, 2.24) is 20.0 Å². The molecule has 2 heterocycles. The molecule has 112 valence electrons. The maximum atomic E-state index is 12.0. The molecule has 0 spiro atoms. The van der Waals surface area contributed by atoms with Crippen molar-refractivity contribution < 1.29 is 9.53 Å². The number of ether oxygens (including phenoxy) is 1. The van der Waals surface area contributed by atoms with Crippen molar-refractivity contribution in [2.24, 2.45) is 0 Å². The van der Waals surface area contributed by atoms with Crippen molar-refractivity contribution in [3.63, 3.8) is 0 Å². The fourth-order valence-electron chi connectivity index (χ4n) is 2.19. The zero-order chi connectivity index (χ0) is 14.4. The number of nitrogens with two attached hydrogens (primary N) is 1. The first-order valence-corrected chi connectivity index (χ1v) is 7.12. The quantitative estimate of drug-likeness (QED) is 0.763. The summed E-state index contributed by atoms with van der Waals surface area (Å²) < 4.78 is 6.99. The van der Waals surface area contributed by atoms with Crippen molar-refractivity contribution in [2.45, 2.75) is 19.9 Å². The largest absolute Gasteiger partial charge is 0.396 e. The van der Waals surface area contributed by atoms with Gasteiger partial charge in [-0.05, 0) is 6.42 Å². The van der Waals surface area contributed by atoms with Gasteiger partial charge in [-0.25, -0.2) is 0 Å². The summed E-state index contributed by atoms with van der Waals surface area (Å²) in [5, 5.41) is 7.08. The summed E-state index contributed by atoms with van der Waals surface area (Å²) >= 11 is 0. The van der Waals surface area contributed by atoms with Gasteiger partial charge in [0.1, 0.15) is 0 Å². The molecule has 7 nitrogen and oxygen atoms in total. The van der Waals surface area contributed by atoms with E-state index in [0.717, 1.165) is 45.8 Å². The molecule has 0 bridgehead atoms. The van der Waals surface area contributed by atoms with Crippen molar-refractivity contribution in [3.8, 4) is 0 Å². The number of rotatable bonds is 6. The number of nitrogen functional groups attached to an aromatic ring is 1. The van der Waals surface area contributed by atoms with Crippen LogP contribution in [-0.4, -0.2) is 60.0 Å². The summed E-state index contributed by atoms with van der Waals surface area (Å²) in [5.41, 5.74) is 6.57. The maximum absolute atomic E-state index is 12.0. The van der Waals surface area contributed by atoms with Crippen molar-refractivity contribution in [2.75, 3.05) is 45.1 Å². The van der Waals surface area contributed by atoms with E-state index in [4.69, 9.17) is 10.5 Å². The van der Waals surface area contributed by atoms with E-state index in [1.807, 2.05) is 0 Å². The number of aromatic nitrogens is 2. The Morgan fingerprint density at radius 3 is 2.90 bits per heavy atom. The van der Waals surface area contributed by atoms with Gasteiger partial charge in [0.25, 0.3) is 5.91 Å². The fraction of sp³-hybridized carbons (Fsp3) is 0.692. The molecule has 0 unspecified atom stereocenters. The van der Waals surface area contributed by atoms with Crippen LogP contribution in [0, 0.1) is 0 Å². The molecule has 1 aliphatic rings. The first kappa shape index (κ1) is 14.8. The summed E-state index contributed by atoms with van der Waals surface area (Å²) in [6, 6.07) is 0. The lowest BCUT2D eigenvalue weighted by Crippen LogP contribution is -2.41. The molecule has 1 amide bonds. The molecule has 20 heavy (non-hydrogen) atoms. The van der Waals surface area contributed by atoms with Crippen LogP contribution in [0.25, 0.3) is 0 Å². The molecule has 7 heteroatoms. The van der Waals surface area contributed by atoms with Crippen LogP contribution in [0.4, 0.5) is 5.69 Å². The Bertz CT molecular complexity index is 440. The Labute approximate surface area is 119 Å². The van der Waals surface area contributed by atoms with Crippen LogP contribution >= 0.6 is 0 Å². The van der Waals surface area contributed by atoms with Gasteiger partial charge in [-0.1, -0.05) is 6.92 Å². The van der Waals surface area contributed by atoms with Crippen molar-refractivity contribution in [3.05, 3.63) is 11.9 Å². The van der Waals surface area contributed by atoms with E-state index in [1.54, 1.807) is 10.9 Å². The van der Waals surface area contributed by atoms with Gasteiger partial charge in [-0.3, -0.25) is 14.4 Å². The topological polar surface area (TPSA) is 85.4 Å². The van der Waals surface area contributed by atoms with Crippen LogP contribution in [0.3, 0.4) is 0 Å². The van der Waals surface area contributed by atoms with Gasteiger partial charge >= 0.3 is 0 Å². The van der Waals surface area contributed by atoms with Crippen LogP contribution in [0.5, 0.6) is 0 Å². The highest BCUT2D eigenvalue weighted by Crippen LogP contribution is 2.09. The van der Waals surface area contributed by atoms with Crippen molar-refractivity contribution in [1.29, 1.82) is 0 Å². The number of carbonyl (C=O) groups excluding carboxylic acids is 1. The minimum absolute atomic E-state index is 0.203. The molecule has 1 saturated heterocycles. The highest BCUT2D eigenvalue weighted by molar-refractivity contribution is 5.96. The Hall–Kier alpha value is -1.60. The summed E-state index contributed by atoms with van der Waals surface area (Å²) in [5.74, 6) is -0.203. The lowest BCUT2D eigenvalue weighted by molar-refractivity contribution is 0.0383. The molecule has 2 rings (SSSR count). The molecule has 1 fully saturated rings. The first-order chi connectivity index (χ1) is 9.70. The number of amides is 1. The van der Waals surface area contributed by atoms with Crippen LogP contribution < -0.4 is 11.1 Å². The Morgan fingerprint density at radius 2 is 2.20 bits per heavy atom. The second kappa shape index (κ2) is 7.25. The SMILES string of the molecule is CCCn1cc(N)c(C(=O)NCCN2CCOCC2)n1. The summed E-state index contributed by atoms with van der Waals surface area (Å²) in [4.78, 5) is 14.3. The number of anilines is 1. The van der Waals surface area contributed by atoms with Gasteiger partial charge < -0.3 is 15.8 Å². The number of hydrogen-bond acceptors (Lipinski definition) is 5. The maximum Gasteiger partial charge on any atom is 0.273 e. The molecule has 3 N–H and O–H groups in total. The third-order valence-corrected chi connectivity index (χ3v) is 3.28. The fourth-order valence-corrected chi connectivity index (χ4v) is 2.19. The van der Waals surface area contributed by atoms with Gasteiger partial charge in [-0.15, -0.1) is 0 Å². The summed E-state index contributed by atoms with van der Waals surface area (Å²) in [7, 11) is 0. The molecule has 0 atom stereocenters. The summed E-state index contributed by atoms with van der Waals surface area (Å²) in [6.07, 6.45) is 2.67. The Balaban J connectivity index is 1.79. The third kappa shape index (κ3) is 3.94. The van der Waals surface area contributed by atoms with E-state index in [-0.39, 0.29) is 5.91 Å². The molecular weight excluding hydrogens is 258 g/mol. The number of carbonyl (C=O) groups is 1. The molecule has 1 aromatic rings. The minimum atomic E-state index is -0.203. The van der Waals surface area contributed by atoms with E-state index >= 15 is 0 Å². The second-order valence-electron chi connectivity index (χ2n) is 4.91. The van der Waals surface area contributed by atoms with Gasteiger partial charge in [-0.2, -0.15) is 5.10 Å². The van der Waals surface area contributed by atoms with E-state index < -0.39 is 0 Å². The molecule has 0 aromatic carbocycles. The Morgan fingerprint density at radius 1 is 1.45 bits per heavy atom. The lowest BCUT2D eigenvalue weighted by Gasteiger charge is -2.26. The highest BCUT2D eigenvalue weighted by Gasteiger charge is 2.15. The molecule has 0 saturated carbocycles. The normalized spacial score (nSPS) is 16.2. The highest BCUT2D eigenvalue weighted by atomic mass is 16.5. The van der Waals surface area contributed by atoms with Gasteiger partial charge in [0.05, 0.1) is 18.9 Å². The van der Waals surface area contributed by atoms with E-state index in [9.17, 15) is 4.79 Å². The summed E-state index contributed by atoms with van der Waals surface area (Å²) in [6.45, 7) is 7.62. The van der Waals surface area contributed by atoms with E-state index in [0.29, 0.717) is 17.9 Å². The minimum Gasteiger partial charge on any atom is -0.396 e. The zero-order valence-corrected chi connectivity index (χ0v) is 12.0. The van der Waals surface area contributed by atoms with Crippen LogP contribution in [0.2, 0.25) is 0 Å². The molecule has 0 radical (unpaired) electrons. The van der Waals surface area contributed by atoms with E-state index in [2.05, 4.69) is 22.2 Å². The van der Waals surface area contributed by atoms with Crippen molar-refractivity contribution >= 4 is 11.6 Å². The van der Waals surface area contributed by atoms with Gasteiger partial charge in [0.15, 0.2) is 5.69 Å². The number of aryl methyl sites for hydroxylation is 1. The molecule has 1 aliphatic heterocycles. The third-order valence-electron chi connectivity index (χ3n) is 3.28. The first-order valence-electron chi connectivity index (χ1n) is 7.12. The number of hydrogen-bond donors (Lipinski definition) is 2. The average molecular weight is 281 g/mol. The van der Waals surface area contributed by atoms with Crippen LogP contribution in [0.15, 0.2) is 6.20 Å². The molecular formula is C13H23N5O2. The second-order valence-corrected chi connectivity index (χ2v) is 4.91. The number of nitrogens with one attached hydrogen (secondary N) is 1. The average Bonchev–Trinajstić information content (AvgIpc) is 2.81. The van der Waals surface area contributed by atoms with Crippen LogP contribution in [0.1, 0.15) is 23.8 Å². The standard InChI is InChI=1S/C13H23N5O2/c1-2-4-18-10-11(14)12(16-18)13(19)15-3-5-17-6-8-20-9-7-17/h10H,2-9,14H2,1H3,(H,15,19). The van der Waals surface area contributed by atoms with Gasteiger partial charge in [0.2, 0.25) is 0 Å². The number of morpholine rings is 1. The smallest absolute Gasteiger partial charge is 0.273 e.